The molecule has 0 saturated heterocycles. The Labute approximate surface area is 186 Å². The number of halogens is 3. The highest BCUT2D eigenvalue weighted by Gasteiger charge is 2.29. The summed E-state index contributed by atoms with van der Waals surface area (Å²) in [6, 6.07) is 15.6. The van der Waals surface area contributed by atoms with Crippen LogP contribution in [-0.4, -0.2) is 32.3 Å². The molecule has 4 rings (SSSR count). The number of alkyl halides is 3. The number of nitrogens with two attached hydrogens (primary N) is 1. The summed E-state index contributed by atoms with van der Waals surface area (Å²) in [5.41, 5.74) is 7.71. The molecule has 2 aromatic carbocycles. The zero-order valence-electron chi connectivity index (χ0n) is 17.3. The summed E-state index contributed by atoms with van der Waals surface area (Å²) in [6.07, 6.45) is -3.78. The van der Waals surface area contributed by atoms with Crippen molar-refractivity contribution in [3.63, 3.8) is 0 Å². The molecule has 4 N–H and O–H groups in total. The van der Waals surface area contributed by atoms with Gasteiger partial charge in [0.05, 0.1) is 17.9 Å². The van der Waals surface area contributed by atoms with Crippen molar-refractivity contribution in [1.29, 1.82) is 0 Å². The van der Waals surface area contributed by atoms with Gasteiger partial charge >= 0.3 is 6.18 Å². The highest BCUT2D eigenvalue weighted by Crippen LogP contribution is 2.30. The van der Waals surface area contributed by atoms with Crippen LogP contribution >= 0.6 is 0 Å². The van der Waals surface area contributed by atoms with Crippen LogP contribution in [-0.2, 0) is 12.7 Å². The first-order valence-electron chi connectivity index (χ1n) is 10.0. The molecule has 0 bridgehead atoms. The van der Waals surface area contributed by atoms with Gasteiger partial charge in [-0.15, -0.1) is 0 Å². The molecule has 0 aliphatic rings. The smallest absolute Gasteiger partial charge is 0.393 e. The molecule has 4 aromatic rings. The van der Waals surface area contributed by atoms with Gasteiger partial charge in [0.15, 0.2) is 0 Å². The van der Waals surface area contributed by atoms with Crippen LogP contribution in [0.5, 0.6) is 0 Å². The number of rotatable bonds is 6. The van der Waals surface area contributed by atoms with Crippen molar-refractivity contribution in [1.82, 2.24) is 9.55 Å². The number of hydrogen-bond acceptors (Lipinski definition) is 4. The van der Waals surface area contributed by atoms with E-state index in [0.717, 1.165) is 34.2 Å². The lowest BCUT2D eigenvalue weighted by Gasteiger charge is -2.12. The number of carbonyl (C=O) groups is 1. The number of aliphatic hydroxyl groups is 2. The van der Waals surface area contributed by atoms with Crippen LogP contribution in [0.25, 0.3) is 22.0 Å². The maximum absolute atomic E-state index is 12.8. The molecule has 170 valence electrons. The van der Waals surface area contributed by atoms with Gasteiger partial charge in [-0.3, -0.25) is 4.79 Å². The van der Waals surface area contributed by atoms with Crippen molar-refractivity contribution >= 4 is 16.8 Å². The van der Waals surface area contributed by atoms with Crippen LogP contribution in [0.15, 0.2) is 66.9 Å². The Kier molecular flexibility index (Phi) is 5.92. The predicted molar refractivity (Wildman–Crippen MR) is 116 cm³/mol. The summed E-state index contributed by atoms with van der Waals surface area (Å²) < 4.78 is 40.3. The Morgan fingerprint density at radius 2 is 1.76 bits per heavy atom. The fourth-order valence-electron chi connectivity index (χ4n) is 3.62. The van der Waals surface area contributed by atoms with E-state index in [9.17, 15) is 28.2 Å². The van der Waals surface area contributed by atoms with Gasteiger partial charge < -0.3 is 20.5 Å². The Balaban J connectivity index is 1.66. The summed E-state index contributed by atoms with van der Waals surface area (Å²) >= 11 is 0. The maximum atomic E-state index is 12.8. The zero-order chi connectivity index (χ0) is 23.8. The van der Waals surface area contributed by atoms with Crippen molar-refractivity contribution in [2.45, 2.75) is 18.8 Å². The van der Waals surface area contributed by atoms with Crippen LogP contribution < -0.4 is 5.73 Å². The highest BCUT2D eigenvalue weighted by atomic mass is 19.4. The first kappa shape index (κ1) is 22.5. The van der Waals surface area contributed by atoms with Gasteiger partial charge in [-0.25, -0.2) is 4.98 Å². The minimum absolute atomic E-state index is 0.0324. The monoisotopic (exact) mass is 455 g/mol. The highest BCUT2D eigenvalue weighted by molar-refractivity contribution is 5.93. The number of pyridine rings is 1. The molecule has 0 unspecified atom stereocenters. The number of hydrogen-bond donors (Lipinski definition) is 3. The lowest BCUT2D eigenvalue weighted by molar-refractivity contribution is -0.137. The predicted octanol–water partition coefficient (Wildman–Crippen LogP) is 3.90. The molecular formula is C24H20F3N3O3. The van der Waals surface area contributed by atoms with Crippen molar-refractivity contribution < 1.29 is 28.2 Å². The van der Waals surface area contributed by atoms with Crippen molar-refractivity contribution in [2.75, 3.05) is 6.61 Å². The van der Waals surface area contributed by atoms with E-state index in [-0.39, 0.29) is 11.4 Å². The molecule has 33 heavy (non-hydrogen) atoms. The number of fused-ring (bicyclic) bond motifs is 1. The minimum atomic E-state index is -4.37. The summed E-state index contributed by atoms with van der Waals surface area (Å²) in [6.45, 7) is -0.157. The van der Waals surface area contributed by atoms with E-state index in [1.165, 1.54) is 18.2 Å². The molecule has 0 spiro atoms. The van der Waals surface area contributed by atoms with Gasteiger partial charge in [-0.2, -0.15) is 13.2 Å². The molecule has 0 aliphatic carbocycles. The van der Waals surface area contributed by atoms with Crippen molar-refractivity contribution in [2.24, 2.45) is 5.73 Å². The topological polar surface area (TPSA) is 101 Å². The number of aliphatic hydroxyl groups excluding tert-OH is 2. The largest absolute Gasteiger partial charge is 0.416 e. The van der Waals surface area contributed by atoms with E-state index in [1.54, 1.807) is 6.07 Å². The molecule has 0 aliphatic heterocycles. The number of aromatic nitrogens is 2. The first-order chi connectivity index (χ1) is 15.7. The van der Waals surface area contributed by atoms with Gasteiger partial charge in [0, 0.05) is 23.6 Å². The van der Waals surface area contributed by atoms with Crippen LogP contribution in [0.1, 0.15) is 33.4 Å². The summed E-state index contributed by atoms with van der Waals surface area (Å²) in [5.74, 6) is -0.757. The number of benzene rings is 2. The van der Waals surface area contributed by atoms with E-state index in [1.807, 2.05) is 35.0 Å². The van der Waals surface area contributed by atoms with E-state index in [4.69, 9.17) is 5.73 Å². The van der Waals surface area contributed by atoms with Gasteiger partial charge in [0.25, 0.3) is 5.91 Å². The van der Waals surface area contributed by atoms with Crippen molar-refractivity contribution in [3.05, 3.63) is 89.4 Å². The third-order valence-electron chi connectivity index (χ3n) is 5.35. The van der Waals surface area contributed by atoms with Crippen LogP contribution in [0.3, 0.4) is 0 Å². The number of nitrogens with zero attached hydrogens (tertiary/aromatic N) is 2. The Morgan fingerprint density at radius 1 is 1.03 bits per heavy atom. The second-order valence-corrected chi connectivity index (χ2v) is 7.64. The minimum Gasteiger partial charge on any atom is -0.393 e. The molecule has 2 aromatic heterocycles. The van der Waals surface area contributed by atoms with Crippen LogP contribution in [0.4, 0.5) is 13.2 Å². The van der Waals surface area contributed by atoms with Gasteiger partial charge in [-0.05, 0) is 59.2 Å². The summed E-state index contributed by atoms with van der Waals surface area (Å²) in [5, 5.41) is 20.1. The Bertz CT molecular complexity index is 1310. The lowest BCUT2D eigenvalue weighted by Crippen LogP contribution is -2.16. The molecule has 9 heteroatoms. The quantitative estimate of drug-likeness (QED) is 0.411. The SMILES string of the molecule is NC(=O)c1cc(-c2ccc3c(ccn3Cc3ccc(C(F)(F)F)cc3)c2)cc([C@@H](O)CO)n1. The fraction of sp³-hybridized carbons (Fsp3) is 0.167. The molecule has 1 atom stereocenters. The van der Waals surface area contributed by atoms with Gasteiger partial charge in [0.1, 0.15) is 11.8 Å². The van der Waals surface area contributed by atoms with E-state index >= 15 is 0 Å². The number of amides is 1. The third-order valence-corrected chi connectivity index (χ3v) is 5.35. The molecule has 0 saturated carbocycles. The maximum Gasteiger partial charge on any atom is 0.416 e. The van der Waals surface area contributed by atoms with Gasteiger partial charge in [0.2, 0.25) is 0 Å². The first-order valence-corrected chi connectivity index (χ1v) is 10.0. The normalized spacial score (nSPS) is 12.8. The Morgan fingerprint density at radius 3 is 2.39 bits per heavy atom. The lowest BCUT2D eigenvalue weighted by atomic mass is 10.0. The number of primary amides is 1. The summed E-state index contributed by atoms with van der Waals surface area (Å²) in [4.78, 5) is 15.7. The van der Waals surface area contributed by atoms with E-state index < -0.39 is 30.4 Å². The molecular weight excluding hydrogens is 435 g/mol. The molecule has 0 radical (unpaired) electrons. The Hall–Kier alpha value is -3.69. The second kappa shape index (κ2) is 8.68. The molecule has 6 nitrogen and oxygen atoms in total. The standard InChI is InChI=1S/C24H20F3N3O3/c25-24(26,27)18-4-1-14(2-5-18)12-30-8-7-16-9-15(3-6-21(16)30)17-10-19(22(32)13-31)29-20(11-17)23(28)33/h1-11,22,31-32H,12-13H2,(H2,28,33)/t22-/m0/s1. The van der Waals surface area contributed by atoms with Crippen LogP contribution in [0, 0.1) is 0 Å². The van der Waals surface area contributed by atoms with E-state index in [2.05, 4.69) is 4.98 Å². The fourth-order valence-corrected chi connectivity index (χ4v) is 3.62. The second-order valence-electron chi connectivity index (χ2n) is 7.64. The van der Waals surface area contributed by atoms with Crippen LogP contribution in [0.2, 0.25) is 0 Å². The average Bonchev–Trinajstić information content (AvgIpc) is 3.19. The van der Waals surface area contributed by atoms with Gasteiger partial charge in [-0.1, -0.05) is 18.2 Å². The zero-order valence-corrected chi connectivity index (χ0v) is 17.3. The average molecular weight is 455 g/mol. The van der Waals surface area contributed by atoms with Crippen molar-refractivity contribution in [3.8, 4) is 11.1 Å². The number of carbonyl (C=O) groups excluding carboxylic acids is 1. The molecule has 1 amide bonds. The third kappa shape index (κ3) is 4.74. The summed E-state index contributed by atoms with van der Waals surface area (Å²) in [7, 11) is 0. The van der Waals surface area contributed by atoms with E-state index in [0.29, 0.717) is 12.1 Å². The molecule has 2 heterocycles. The molecule has 0 fully saturated rings.